The van der Waals surface area contributed by atoms with Crippen molar-refractivity contribution in [1.29, 1.82) is 5.26 Å². The third kappa shape index (κ3) is 1.51. The molecule has 102 valence electrons. The Kier molecular flexibility index (Phi) is 2.49. The molecular weight excluding hydrogens is 259 g/mol. The Morgan fingerprint density at radius 3 is 2.45 bits per heavy atom. The molecule has 1 aromatic carbocycles. The number of carbonyl (C=O) groups is 2. The summed E-state index contributed by atoms with van der Waals surface area (Å²) in [7, 11) is 0. The van der Waals surface area contributed by atoms with Gasteiger partial charge in [-0.3, -0.25) is 14.5 Å². The first-order valence-corrected chi connectivity index (χ1v) is 6.42. The predicted molar refractivity (Wildman–Crippen MR) is 67.4 cm³/mol. The molecule has 2 aliphatic rings. The minimum Gasteiger partial charge on any atom is -0.277 e. The number of fused-ring (bicyclic) bond motifs is 1. The van der Waals surface area contributed by atoms with Crippen molar-refractivity contribution in [3.05, 3.63) is 35.1 Å². The molecule has 1 saturated heterocycles. The Balaban J connectivity index is 1.86. The standard InChI is InChI=1S/C15H13FN2O2/c1-15(2)10-11(15)14(20)18(13(10)19)7-9-5-3-4-8(6-17)12(9)16/h3-5,10-11H,7H2,1-2H3. The van der Waals surface area contributed by atoms with Crippen molar-refractivity contribution in [1.82, 2.24) is 4.90 Å². The number of nitrogens with zero attached hydrogens (tertiary/aromatic N) is 2. The Morgan fingerprint density at radius 1 is 1.30 bits per heavy atom. The van der Waals surface area contributed by atoms with E-state index in [1.54, 1.807) is 12.1 Å². The van der Waals surface area contributed by atoms with Crippen LogP contribution in [0.5, 0.6) is 0 Å². The largest absolute Gasteiger partial charge is 0.277 e. The highest BCUT2D eigenvalue weighted by molar-refractivity contribution is 6.10. The molecule has 0 bridgehead atoms. The highest BCUT2D eigenvalue weighted by Crippen LogP contribution is 2.63. The number of amides is 2. The molecule has 20 heavy (non-hydrogen) atoms. The van der Waals surface area contributed by atoms with E-state index in [0.717, 1.165) is 4.90 Å². The quantitative estimate of drug-likeness (QED) is 0.772. The Bertz CT molecular complexity index is 651. The second kappa shape index (κ2) is 3.89. The van der Waals surface area contributed by atoms with Gasteiger partial charge in [0.1, 0.15) is 11.9 Å². The van der Waals surface area contributed by atoms with Crippen molar-refractivity contribution >= 4 is 11.8 Å². The maximum absolute atomic E-state index is 14.0. The second-order valence-corrected chi connectivity index (χ2v) is 5.93. The first-order valence-electron chi connectivity index (χ1n) is 6.42. The van der Waals surface area contributed by atoms with Crippen molar-refractivity contribution in [3.63, 3.8) is 0 Å². The van der Waals surface area contributed by atoms with Crippen LogP contribution in [0.2, 0.25) is 0 Å². The van der Waals surface area contributed by atoms with Crippen LogP contribution in [-0.4, -0.2) is 16.7 Å². The van der Waals surface area contributed by atoms with E-state index in [2.05, 4.69) is 0 Å². The van der Waals surface area contributed by atoms with Gasteiger partial charge in [0.15, 0.2) is 0 Å². The zero-order valence-electron chi connectivity index (χ0n) is 11.2. The summed E-state index contributed by atoms with van der Waals surface area (Å²) in [5, 5.41) is 8.79. The molecule has 2 amide bonds. The number of hydrogen-bond acceptors (Lipinski definition) is 3. The van der Waals surface area contributed by atoms with E-state index < -0.39 is 5.82 Å². The zero-order valence-corrected chi connectivity index (χ0v) is 11.2. The number of benzene rings is 1. The number of piperidine rings is 1. The van der Waals surface area contributed by atoms with Gasteiger partial charge in [-0.2, -0.15) is 5.26 Å². The van der Waals surface area contributed by atoms with Gasteiger partial charge in [-0.25, -0.2) is 4.39 Å². The molecule has 0 N–H and O–H groups in total. The molecule has 0 spiro atoms. The summed E-state index contributed by atoms with van der Waals surface area (Å²) in [5.74, 6) is -1.65. The lowest BCUT2D eigenvalue weighted by Crippen LogP contribution is -2.35. The summed E-state index contributed by atoms with van der Waals surface area (Å²) in [6.07, 6.45) is 0. The molecule has 2 fully saturated rings. The molecule has 0 radical (unpaired) electrons. The molecule has 1 saturated carbocycles. The second-order valence-electron chi connectivity index (χ2n) is 5.93. The predicted octanol–water partition coefficient (Wildman–Crippen LogP) is 1.84. The normalized spacial score (nSPS) is 26.4. The molecule has 2 atom stereocenters. The average Bonchev–Trinajstić information content (AvgIpc) is 2.88. The average molecular weight is 272 g/mol. The van der Waals surface area contributed by atoms with E-state index in [0.29, 0.717) is 0 Å². The van der Waals surface area contributed by atoms with Crippen molar-refractivity contribution in [2.45, 2.75) is 20.4 Å². The molecule has 1 aromatic rings. The lowest BCUT2D eigenvalue weighted by atomic mass is 10.0. The molecule has 5 heteroatoms. The van der Waals surface area contributed by atoms with E-state index in [4.69, 9.17) is 5.26 Å². The summed E-state index contributed by atoms with van der Waals surface area (Å²) in [6, 6.07) is 6.16. The fraction of sp³-hybridized carbons (Fsp3) is 0.400. The molecule has 4 nitrogen and oxygen atoms in total. The molecule has 1 aliphatic carbocycles. The maximum Gasteiger partial charge on any atom is 0.233 e. The summed E-state index contributed by atoms with van der Waals surface area (Å²) >= 11 is 0. The minimum absolute atomic E-state index is 0.0768. The topological polar surface area (TPSA) is 61.2 Å². The van der Waals surface area contributed by atoms with Crippen molar-refractivity contribution in [3.8, 4) is 6.07 Å². The first kappa shape index (κ1) is 12.8. The monoisotopic (exact) mass is 272 g/mol. The number of rotatable bonds is 2. The fourth-order valence-corrected chi connectivity index (χ4v) is 3.12. The van der Waals surface area contributed by atoms with Crippen LogP contribution in [0.25, 0.3) is 0 Å². The number of halogens is 1. The van der Waals surface area contributed by atoms with E-state index in [-0.39, 0.29) is 46.7 Å². The SMILES string of the molecule is CC1(C)C2C(=O)N(Cc3cccc(C#N)c3F)C(=O)C21. The number of nitriles is 1. The number of likely N-dealkylation sites (tertiary alicyclic amines) is 1. The molecule has 2 unspecified atom stereocenters. The lowest BCUT2D eigenvalue weighted by molar-refractivity contribution is -0.143. The van der Waals surface area contributed by atoms with E-state index in [1.165, 1.54) is 12.1 Å². The molecular formula is C15H13FN2O2. The van der Waals surface area contributed by atoms with Crippen LogP contribution in [-0.2, 0) is 16.1 Å². The van der Waals surface area contributed by atoms with Gasteiger partial charge in [-0.15, -0.1) is 0 Å². The first-order chi connectivity index (χ1) is 9.39. The Morgan fingerprint density at radius 2 is 1.90 bits per heavy atom. The van der Waals surface area contributed by atoms with Gasteiger partial charge in [0.25, 0.3) is 0 Å². The number of hydrogen-bond donors (Lipinski definition) is 0. The van der Waals surface area contributed by atoms with Crippen molar-refractivity contribution in [2.75, 3.05) is 0 Å². The summed E-state index contributed by atoms with van der Waals surface area (Å²) in [4.78, 5) is 25.4. The third-order valence-electron chi connectivity index (χ3n) is 4.42. The van der Waals surface area contributed by atoms with E-state index in [1.807, 2.05) is 13.8 Å². The number of imide groups is 1. The summed E-state index contributed by atoms with van der Waals surface area (Å²) < 4.78 is 14.0. The third-order valence-corrected chi connectivity index (χ3v) is 4.42. The zero-order chi connectivity index (χ0) is 14.7. The number of carbonyl (C=O) groups excluding carboxylic acids is 2. The van der Waals surface area contributed by atoms with Crippen LogP contribution in [0.15, 0.2) is 18.2 Å². The maximum atomic E-state index is 14.0. The van der Waals surface area contributed by atoms with Gasteiger partial charge in [-0.05, 0) is 11.5 Å². The van der Waals surface area contributed by atoms with Crippen molar-refractivity contribution < 1.29 is 14.0 Å². The van der Waals surface area contributed by atoms with E-state index >= 15 is 0 Å². The molecule has 0 aromatic heterocycles. The highest BCUT2D eigenvalue weighted by atomic mass is 19.1. The molecule has 3 rings (SSSR count). The van der Waals surface area contributed by atoms with Gasteiger partial charge in [0, 0.05) is 5.56 Å². The Labute approximate surface area is 115 Å². The van der Waals surface area contributed by atoms with Crippen molar-refractivity contribution in [2.24, 2.45) is 17.3 Å². The van der Waals surface area contributed by atoms with Gasteiger partial charge in [-0.1, -0.05) is 26.0 Å². The summed E-state index contributed by atoms with van der Waals surface area (Å²) in [6.45, 7) is 3.70. The Hall–Kier alpha value is -2.22. The highest BCUT2D eigenvalue weighted by Gasteiger charge is 2.72. The van der Waals surface area contributed by atoms with Crippen LogP contribution in [0.4, 0.5) is 4.39 Å². The van der Waals surface area contributed by atoms with Gasteiger partial charge in [0.2, 0.25) is 11.8 Å². The van der Waals surface area contributed by atoms with Crippen LogP contribution in [0, 0.1) is 34.4 Å². The van der Waals surface area contributed by atoms with Gasteiger partial charge >= 0.3 is 0 Å². The smallest absolute Gasteiger partial charge is 0.233 e. The van der Waals surface area contributed by atoms with Crippen LogP contribution in [0.1, 0.15) is 25.0 Å². The molecule has 1 heterocycles. The van der Waals surface area contributed by atoms with Crippen LogP contribution >= 0.6 is 0 Å². The fourth-order valence-electron chi connectivity index (χ4n) is 3.12. The van der Waals surface area contributed by atoms with Crippen LogP contribution < -0.4 is 0 Å². The minimum atomic E-state index is -0.657. The summed E-state index contributed by atoms with van der Waals surface area (Å²) in [5.41, 5.74) is -0.144. The lowest BCUT2D eigenvalue weighted by Gasteiger charge is -2.20. The molecule has 1 aliphatic heterocycles. The van der Waals surface area contributed by atoms with E-state index in [9.17, 15) is 14.0 Å². The van der Waals surface area contributed by atoms with Gasteiger partial charge < -0.3 is 0 Å². The van der Waals surface area contributed by atoms with Gasteiger partial charge in [0.05, 0.1) is 23.9 Å². The van der Waals surface area contributed by atoms with Crippen LogP contribution in [0.3, 0.4) is 0 Å².